The van der Waals surface area contributed by atoms with Gasteiger partial charge >= 0.3 is 0 Å². The Morgan fingerprint density at radius 2 is 1.93 bits per heavy atom. The van der Waals surface area contributed by atoms with Crippen molar-refractivity contribution >= 4 is 0 Å². The minimum absolute atomic E-state index is 0.971. The molecule has 0 unspecified atom stereocenters. The minimum Gasteiger partial charge on any atom is -0.0622 e. The Morgan fingerprint density at radius 3 is 2.57 bits per heavy atom. The Balaban J connectivity index is 1.82. The summed E-state index contributed by atoms with van der Waals surface area (Å²) in [5.74, 6) is 1.97. The molecule has 0 heteroatoms. The van der Waals surface area contributed by atoms with E-state index in [1.807, 2.05) is 0 Å². The van der Waals surface area contributed by atoms with Crippen molar-refractivity contribution in [2.75, 3.05) is 0 Å². The van der Waals surface area contributed by atoms with E-state index < -0.39 is 0 Å². The van der Waals surface area contributed by atoms with Gasteiger partial charge in [0.1, 0.15) is 0 Å². The molecule has 1 saturated carbocycles. The van der Waals surface area contributed by atoms with Crippen LogP contribution in [-0.4, -0.2) is 0 Å². The summed E-state index contributed by atoms with van der Waals surface area (Å²) in [5, 5.41) is 0. The molecular weight excluding hydrogens is 168 g/mol. The Morgan fingerprint density at radius 1 is 1.14 bits per heavy atom. The van der Waals surface area contributed by atoms with Gasteiger partial charge in [0.25, 0.3) is 0 Å². The Labute approximate surface area is 87.3 Å². The summed E-state index contributed by atoms with van der Waals surface area (Å²) in [5.41, 5.74) is 1.51. The van der Waals surface area contributed by atoms with Crippen LogP contribution in [0.15, 0.2) is 30.3 Å². The molecule has 1 aliphatic rings. The van der Waals surface area contributed by atoms with E-state index in [0.717, 1.165) is 11.8 Å². The van der Waals surface area contributed by atoms with Gasteiger partial charge in [-0.1, -0.05) is 56.5 Å². The fourth-order valence-corrected chi connectivity index (χ4v) is 2.65. The average molecular weight is 188 g/mol. The number of benzene rings is 1. The molecule has 1 fully saturated rings. The van der Waals surface area contributed by atoms with Crippen LogP contribution in [0.3, 0.4) is 0 Å². The molecule has 1 aromatic carbocycles. The number of hydrogen-bond donors (Lipinski definition) is 0. The molecule has 0 nitrogen and oxygen atoms in total. The van der Waals surface area contributed by atoms with Crippen LogP contribution < -0.4 is 0 Å². The fourth-order valence-electron chi connectivity index (χ4n) is 2.65. The van der Waals surface area contributed by atoms with Crippen molar-refractivity contribution in [2.45, 2.75) is 39.0 Å². The molecule has 1 aromatic rings. The third-order valence-corrected chi connectivity index (χ3v) is 3.69. The normalized spacial score (nSPS) is 26.6. The van der Waals surface area contributed by atoms with Gasteiger partial charge in [0.15, 0.2) is 0 Å². The van der Waals surface area contributed by atoms with Gasteiger partial charge < -0.3 is 0 Å². The highest BCUT2D eigenvalue weighted by molar-refractivity contribution is 5.14. The summed E-state index contributed by atoms with van der Waals surface area (Å²) < 4.78 is 0. The summed E-state index contributed by atoms with van der Waals surface area (Å²) >= 11 is 0. The molecule has 0 amide bonds. The van der Waals surface area contributed by atoms with Gasteiger partial charge in [0.2, 0.25) is 0 Å². The van der Waals surface area contributed by atoms with Crippen molar-refractivity contribution in [3.8, 4) is 0 Å². The van der Waals surface area contributed by atoms with Crippen LogP contribution in [0.2, 0.25) is 0 Å². The predicted octanol–water partition coefficient (Wildman–Crippen LogP) is 4.06. The first-order valence-electron chi connectivity index (χ1n) is 5.90. The van der Waals surface area contributed by atoms with Crippen LogP contribution in [0.25, 0.3) is 0 Å². The molecule has 0 aliphatic heterocycles. The second-order valence-electron chi connectivity index (χ2n) is 4.69. The van der Waals surface area contributed by atoms with Gasteiger partial charge in [0, 0.05) is 0 Å². The maximum Gasteiger partial charge on any atom is -0.0276 e. The van der Waals surface area contributed by atoms with Crippen LogP contribution in [0.4, 0.5) is 0 Å². The second kappa shape index (κ2) is 4.63. The Bertz CT molecular complexity index is 263. The zero-order valence-electron chi connectivity index (χ0n) is 9.08. The molecule has 14 heavy (non-hydrogen) atoms. The lowest BCUT2D eigenvalue weighted by Crippen LogP contribution is -2.04. The van der Waals surface area contributed by atoms with Crippen LogP contribution in [-0.2, 0) is 6.42 Å². The highest BCUT2D eigenvalue weighted by Crippen LogP contribution is 2.34. The Hall–Kier alpha value is -0.780. The van der Waals surface area contributed by atoms with Crippen molar-refractivity contribution in [1.29, 1.82) is 0 Å². The summed E-state index contributed by atoms with van der Waals surface area (Å²) in [6.45, 7) is 2.42. The van der Waals surface area contributed by atoms with Gasteiger partial charge in [-0.2, -0.15) is 0 Å². The molecule has 2 rings (SSSR count). The van der Waals surface area contributed by atoms with E-state index >= 15 is 0 Å². The lowest BCUT2D eigenvalue weighted by Gasteiger charge is -2.14. The molecule has 76 valence electrons. The highest BCUT2D eigenvalue weighted by Gasteiger charge is 2.22. The number of aryl methyl sites for hydroxylation is 1. The van der Waals surface area contributed by atoms with Gasteiger partial charge in [0.05, 0.1) is 0 Å². The molecule has 0 heterocycles. The zero-order chi connectivity index (χ0) is 9.80. The van der Waals surface area contributed by atoms with Gasteiger partial charge in [-0.15, -0.1) is 0 Å². The van der Waals surface area contributed by atoms with E-state index in [1.165, 1.54) is 37.7 Å². The van der Waals surface area contributed by atoms with Crippen LogP contribution in [0.1, 0.15) is 38.2 Å². The second-order valence-corrected chi connectivity index (χ2v) is 4.69. The van der Waals surface area contributed by atoms with Crippen molar-refractivity contribution in [1.82, 2.24) is 0 Å². The standard InChI is InChI=1S/C14H20/c1-12-6-5-9-14(12)11-10-13-7-3-2-4-8-13/h2-4,7-8,12,14H,5-6,9-11H2,1H3/t12-,14-/m0/s1. The molecule has 0 radical (unpaired) electrons. The lowest BCUT2D eigenvalue weighted by atomic mass is 9.91. The lowest BCUT2D eigenvalue weighted by molar-refractivity contribution is 0.392. The van der Waals surface area contributed by atoms with Crippen molar-refractivity contribution in [3.63, 3.8) is 0 Å². The quantitative estimate of drug-likeness (QED) is 0.671. The first-order chi connectivity index (χ1) is 6.86. The monoisotopic (exact) mass is 188 g/mol. The molecule has 0 N–H and O–H groups in total. The SMILES string of the molecule is C[C@H]1CCC[C@H]1CCc1ccccc1. The van der Waals surface area contributed by atoms with Crippen LogP contribution >= 0.6 is 0 Å². The van der Waals surface area contributed by atoms with E-state index in [9.17, 15) is 0 Å². The molecule has 0 aromatic heterocycles. The van der Waals surface area contributed by atoms with Gasteiger partial charge in [-0.25, -0.2) is 0 Å². The van der Waals surface area contributed by atoms with E-state index in [-0.39, 0.29) is 0 Å². The third-order valence-electron chi connectivity index (χ3n) is 3.69. The predicted molar refractivity (Wildman–Crippen MR) is 61.3 cm³/mol. The maximum atomic E-state index is 2.42. The van der Waals surface area contributed by atoms with Crippen molar-refractivity contribution < 1.29 is 0 Å². The number of hydrogen-bond acceptors (Lipinski definition) is 0. The van der Waals surface area contributed by atoms with Crippen LogP contribution in [0, 0.1) is 11.8 Å². The third kappa shape index (κ3) is 2.37. The zero-order valence-corrected chi connectivity index (χ0v) is 9.08. The largest absolute Gasteiger partial charge is 0.0622 e. The summed E-state index contributed by atoms with van der Waals surface area (Å²) in [4.78, 5) is 0. The molecule has 0 bridgehead atoms. The van der Waals surface area contributed by atoms with E-state index in [4.69, 9.17) is 0 Å². The van der Waals surface area contributed by atoms with Gasteiger partial charge in [-0.05, 0) is 30.2 Å². The first-order valence-corrected chi connectivity index (χ1v) is 5.90. The topological polar surface area (TPSA) is 0 Å². The van der Waals surface area contributed by atoms with Crippen molar-refractivity contribution in [2.24, 2.45) is 11.8 Å². The smallest absolute Gasteiger partial charge is 0.0276 e. The van der Waals surface area contributed by atoms with Crippen LogP contribution in [0.5, 0.6) is 0 Å². The first kappa shape index (κ1) is 9.76. The molecular formula is C14H20. The maximum absolute atomic E-state index is 2.42. The summed E-state index contributed by atoms with van der Waals surface area (Å²) in [6, 6.07) is 10.9. The fraction of sp³-hybridized carbons (Fsp3) is 0.571. The van der Waals surface area contributed by atoms with E-state index in [2.05, 4.69) is 37.3 Å². The molecule has 0 spiro atoms. The summed E-state index contributed by atoms with van der Waals surface area (Å²) in [6.07, 6.45) is 7.05. The molecule has 2 atom stereocenters. The molecule has 0 saturated heterocycles. The van der Waals surface area contributed by atoms with E-state index in [0.29, 0.717) is 0 Å². The Kier molecular flexibility index (Phi) is 3.23. The average Bonchev–Trinajstić information content (AvgIpc) is 2.63. The van der Waals surface area contributed by atoms with E-state index in [1.54, 1.807) is 0 Å². The molecule has 1 aliphatic carbocycles. The van der Waals surface area contributed by atoms with Gasteiger partial charge in [-0.3, -0.25) is 0 Å². The number of rotatable bonds is 3. The summed E-state index contributed by atoms with van der Waals surface area (Å²) in [7, 11) is 0. The van der Waals surface area contributed by atoms with Crippen molar-refractivity contribution in [3.05, 3.63) is 35.9 Å². The highest BCUT2D eigenvalue weighted by atomic mass is 14.3. The minimum atomic E-state index is 0.971.